The highest BCUT2D eigenvalue weighted by Gasteiger charge is 2.07. The molecular weight excluding hydrogens is 250 g/mol. The number of aromatic nitrogens is 4. The van der Waals surface area contributed by atoms with Crippen molar-refractivity contribution >= 4 is 22.5 Å². The molecule has 0 atom stereocenters. The second kappa shape index (κ2) is 4.92. The first-order valence-electron chi connectivity index (χ1n) is 6.68. The molecule has 0 spiro atoms. The predicted octanol–water partition coefficient (Wildman–Crippen LogP) is 3.46. The van der Waals surface area contributed by atoms with Crippen LogP contribution in [0.2, 0.25) is 0 Å². The Hall–Kier alpha value is -2.43. The van der Waals surface area contributed by atoms with Gasteiger partial charge in [0, 0.05) is 12.2 Å². The normalized spacial score (nSPS) is 11.2. The van der Waals surface area contributed by atoms with E-state index in [1.807, 2.05) is 42.1 Å². The van der Waals surface area contributed by atoms with Crippen molar-refractivity contribution in [3.05, 3.63) is 42.4 Å². The monoisotopic (exact) mass is 267 g/mol. The Kier molecular flexibility index (Phi) is 3.10. The molecule has 5 heteroatoms. The Morgan fingerprint density at radius 1 is 1.10 bits per heavy atom. The maximum atomic E-state index is 4.61. The van der Waals surface area contributed by atoms with E-state index >= 15 is 0 Å². The standard InChI is InChI=1S/C15H17N5/c1-10(2)20-9-12(8-16-20)18-15-11(3)17-13-6-4-5-7-14(13)19-15/h4-10H,1-3H3,(H,18,19). The summed E-state index contributed by atoms with van der Waals surface area (Å²) in [5, 5.41) is 7.59. The molecule has 2 aromatic heterocycles. The maximum Gasteiger partial charge on any atom is 0.152 e. The highest BCUT2D eigenvalue weighted by Crippen LogP contribution is 2.20. The van der Waals surface area contributed by atoms with Crippen molar-refractivity contribution in [2.75, 3.05) is 5.32 Å². The molecule has 20 heavy (non-hydrogen) atoms. The zero-order valence-corrected chi connectivity index (χ0v) is 11.8. The molecule has 0 aliphatic heterocycles. The Balaban J connectivity index is 1.95. The van der Waals surface area contributed by atoms with Crippen molar-refractivity contribution in [3.63, 3.8) is 0 Å². The van der Waals surface area contributed by atoms with Crippen LogP contribution in [0.4, 0.5) is 11.5 Å². The van der Waals surface area contributed by atoms with Gasteiger partial charge in [-0.05, 0) is 32.9 Å². The summed E-state index contributed by atoms with van der Waals surface area (Å²) in [4.78, 5) is 9.17. The van der Waals surface area contributed by atoms with Crippen LogP contribution in [0, 0.1) is 6.92 Å². The lowest BCUT2D eigenvalue weighted by molar-refractivity contribution is 0.532. The summed E-state index contributed by atoms with van der Waals surface area (Å²) in [6.45, 7) is 6.14. The molecule has 5 nitrogen and oxygen atoms in total. The van der Waals surface area contributed by atoms with E-state index in [9.17, 15) is 0 Å². The van der Waals surface area contributed by atoms with E-state index in [-0.39, 0.29) is 0 Å². The van der Waals surface area contributed by atoms with E-state index < -0.39 is 0 Å². The first kappa shape index (κ1) is 12.6. The van der Waals surface area contributed by atoms with E-state index in [4.69, 9.17) is 0 Å². The van der Waals surface area contributed by atoms with E-state index in [2.05, 4.69) is 34.2 Å². The van der Waals surface area contributed by atoms with Crippen LogP contribution in [0.5, 0.6) is 0 Å². The summed E-state index contributed by atoms with van der Waals surface area (Å²) < 4.78 is 1.91. The Morgan fingerprint density at radius 2 is 1.80 bits per heavy atom. The molecule has 0 radical (unpaired) electrons. The summed E-state index contributed by atoms with van der Waals surface area (Å²) >= 11 is 0. The van der Waals surface area contributed by atoms with Gasteiger partial charge in [-0.2, -0.15) is 5.10 Å². The number of nitrogens with one attached hydrogen (secondary N) is 1. The highest BCUT2D eigenvalue weighted by molar-refractivity contribution is 5.77. The molecule has 3 aromatic rings. The number of fused-ring (bicyclic) bond motifs is 1. The Labute approximate surface area is 117 Å². The van der Waals surface area contributed by atoms with E-state index in [1.165, 1.54) is 0 Å². The van der Waals surface area contributed by atoms with E-state index in [0.717, 1.165) is 28.2 Å². The maximum absolute atomic E-state index is 4.61. The summed E-state index contributed by atoms with van der Waals surface area (Å²) in [5.74, 6) is 0.770. The van der Waals surface area contributed by atoms with Crippen molar-refractivity contribution in [2.24, 2.45) is 0 Å². The van der Waals surface area contributed by atoms with Gasteiger partial charge in [0.05, 0.1) is 28.6 Å². The van der Waals surface area contributed by atoms with Crippen molar-refractivity contribution in [3.8, 4) is 0 Å². The van der Waals surface area contributed by atoms with E-state index in [1.54, 1.807) is 6.20 Å². The molecule has 3 rings (SSSR count). The van der Waals surface area contributed by atoms with Crippen LogP contribution in [0.3, 0.4) is 0 Å². The molecule has 1 N–H and O–H groups in total. The summed E-state index contributed by atoms with van der Waals surface area (Å²) in [5.41, 5.74) is 3.60. The minimum absolute atomic E-state index is 0.342. The molecule has 0 saturated heterocycles. The number of benzene rings is 1. The first-order chi connectivity index (χ1) is 9.63. The highest BCUT2D eigenvalue weighted by atomic mass is 15.3. The second-order valence-electron chi connectivity index (χ2n) is 5.07. The van der Waals surface area contributed by atoms with Gasteiger partial charge in [-0.15, -0.1) is 0 Å². The molecule has 0 bridgehead atoms. The molecule has 0 fully saturated rings. The number of hydrogen-bond acceptors (Lipinski definition) is 4. The Morgan fingerprint density at radius 3 is 2.45 bits per heavy atom. The van der Waals surface area contributed by atoms with Crippen molar-refractivity contribution in [1.82, 2.24) is 19.7 Å². The van der Waals surface area contributed by atoms with Gasteiger partial charge >= 0.3 is 0 Å². The largest absolute Gasteiger partial charge is 0.336 e. The van der Waals surface area contributed by atoms with Crippen LogP contribution in [0.1, 0.15) is 25.6 Å². The number of hydrogen-bond donors (Lipinski definition) is 1. The lowest BCUT2D eigenvalue weighted by Crippen LogP contribution is -2.01. The van der Waals surface area contributed by atoms with Gasteiger partial charge in [0.1, 0.15) is 0 Å². The molecule has 0 saturated carbocycles. The zero-order valence-electron chi connectivity index (χ0n) is 11.8. The summed E-state index contributed by atoms with van der Waals surface area (Å²) in [7, 11) is 0. The van der Waals surface area contributed by atoms with Crippen LogP contribution >= 0.6 is 0 Å². The number of nitrogens with zero attached hydrogens (tertiary/aromatic N) is 4. The van der Waals surface area contributed by atoms with Gasteiger partial charge in [-0.1, -0.05) is 12.1 Å². The van der Waals surface area contributed by atoms with E-state index in [0.29, 0.717) is 6.04 Å². The minimum atomic E-state index is 0.342. The smallest absolute Gasteiger partial charge is 0.152 e. The average molecular weight is 267 g/mol. The molecule has 0 amide bonds. The van der Waals surface area contributed by atoms with Gasteiger partial charge in [0.2, 0.25) is 0 Å². The molecule has 2 heterocycles. The van der Waals surface area contributed by atoms with Crippen LogP contribution in [-0.4, -0.2) is 19.7 Å². The predicted molar refractivity (Wildman–Crippen MR) is 80.2 cm³/mol. The third-order valence-electron chi connectivity index (χ3n) is 3.14. The lowest BCUT2D eigenvalue weighted by atomic mass is 10.3. The van der Waals surface area contributed by atoms with Crippen LogP contribution in [0.25, 0.3) is 11.0 Å². The van der Waals surface area contributed by atoms with Crippen molar-refractivity contribution < 1.29 is 0 Å². The molecule has 1 aromatic carbocycles. The van der Waals surface area contributed by atoms with Gasteiger partial charge < -0.3 is 5.32 Å². The molecular formula is C15H17N5. The number of para-hydroxylation sites is 2. The van der Waals surface area contributed by atoms with Gasteiger partial charge in [-0.25, -0.2) is 9.97 Å². The average Bonchev–Trinajstić information content (AvgIpc) is 2.88. The fourth-order valence-corrected chi connectivity index (χ4v) is 2.03. The molecule has 0 unspecified atom stereocenters. The zero-order chi connectivity index (χ0) is 14.1. The van der Waals surface area contributed by atoms with Gasteiger partial charge in [-0.3, -0.25) is 4.68 Å². The Bertz CT molecular complexity index is 745. The fourth-order valence-electron chi connectivity index (χ4n) is 2.03. The van der Waals surface area contributed by atoms with Crippen molar-refractivity contribution in [1.29, 1.82) is 0 Å². The van der Waals surface area contributed by atoms with Crippen LogP contribution in [0.15, 0.2) is 36.7 Å². The molecule has 0 aliphatic rings. The van der Waals surface area contributed by atoms with Crippen molar-refractivity contribution in [2.45, 2.75) is 26.8 Å². The molecule has 0 aliphatic carbocycles. The molecule has 102 valence electrons. The topological polar surface area (TPSA) is 55.6 Å². The third-order valence-corrected chi connectivity index (χ3v) is 3.14. The van der Waals surface area contributed by atoms with Gasteiger partial charge in [0.25, 0.3) is 0 Å². The summed E-state index contributed by atoms with van der Waals surface area (Å²) in [6, 6.07) is 8.21. The van der Waals surface area contributed by atoms with Crippen LogP contribution in [-0.2, 0) is 0 Å². The lowest BCUT2D eigenvalue weighted by Gasteiger charge is -2.07. The third kappa shape index (κ3) is 2.34. The van der Waals surface area contributed by atoms with Gasteiger partial charge in [0.15, 0.2) is 5.82 Å². The number of rotatable bonds is 3. The number of anilines is 2. The fraction of sp³-hybridized carbons (Fsp3) is 0.267. The quantitative estimate of drug-likeness (QED) is 0.789. The van der Waals surface area contributed by atoms with Crippen LogP contribution < -0.4 is 5.32 Å². The second-order valence-corrected chi connectivity index (χ2v) is 5.07. The SMILES string of the molecule is Cc1nc2ccccc2nc1Nc1cnn(C(C)C)c1. The first-order valence-corrected chi connectivity index (χ1v) is 6.68. The number of aryl methyl sites for hydroxylation is 1. The minimum Gasteiger partial charge on any atom is -0.336 e. The summed E-state index contributed by atoms with van der Waals surface area (Å²) in [6.07, 6.45) is 3.78.